The van der Waals surface area contributed by atoms with Crippen molar-refractivity contribution in [3.8, 4) is 16.8 Å². The van der Waals surface area contributed by atoms with Crippen LogP contribution >= 0.6 is 0 Å². The summed E-state index contributed by atoms with van der Waals surface area (Å²) in [6.45, 7) is 8.39. The molecule has 1 fully saturated rings. The number of amides is 1. The van der Waals surface area contributed by atoms with Crippen LogP contribution in [-0.4, -0.2) is 64.6 Å². The van der Waals surface area contributed by atoms with Gasteiger partial charge in [0.15, 0.2) is 5.65 Å². The summed E-state index contributed by atoms with van der Waals surface area (Å²) in [6.07, 6.45) is 5.35. The third kappa shape index (κ3) is 5.51. The molecule has 0 spiro atoms. The number of hydrogen-bond donors (Lipinski definition) is 3. The Morgan fingerprint density at radius 1 is 1.12 bits per heavy atom. The van der Waals surface area contributed by atoms with Crippen molar-refractivity contribution in [1.29, 1.82) is 0 Å². The number of benzene rings is 2. The molecule has 43 heavy (non-hydrogen) atoms. The highest BCUT2D eigenvalue weighted by Gasteiger charge is 2.30. The van der Waals surface area contributed by atoms with Crippen LogP contribution in [0.25, 0.3) is 22.5 Å². The number of anilines is 1. The minimum Gasteiger partial charge on any atom is -0.394 e. The second-order valence-electron chi connectivity index (χ2n) is 11.8. The van der Waals surface area contributed by atoms with E-state index in [1.165, 1.54) is 0 Å². The highest BCUT2D eigenvalue weighted by molar-refractivity contribution is 5.98. The van der Waals surface area contributed by atoms with Gasteiger partial charge in [0.25, 0.3) is 5.91 Å². The Kier molecular flexibility index (Phi) is 7.49. The van der Waals surface area contributed by atoms with E-state index in [0.717, 1.165) is 46.5 Å². The molecule has 1 aliphatic rings. The summed E-state index contributed by atoms with van der Waals surface area (Å²) in [5.74, 6) is 0.613. The van der Waals surface area contributed by atoms with Crippen LogP contribution in [0.1, 0.15) is 59.6 Å². The number of rotatable bonds is 8. The number of aryl methyl sites for hydroxylation is 2. The van der Waals surface area contributed by atoms with Crippen molar-refractivity contribution in [1.82, 2.24) is 29.3 Å². The standard InChI is InChI=1S/C33H37N7O3/c1-21-11-12-24(17-27(21)32(42)38-14-6-10-26(38)20-41)30-22(2)37-40-29(18-28(33(3,4)43)36-31(30)40)34-19-23-8-5-9-25(16-23)39-15-7-13-35-39/h5,7-9,11-13,15-18,26,34,41,43H,6,10,14,19-20H2,1-4H3/t26-/m1/s1. The fourth-order valence-electron chi connectivity index (χ4n) is 5.78. The molecule has 222 valence electrons. The van der Waals surface area contributed by atoms with Crippen molar-refractivity contribution < 1.29 is 15.0 Å². The van der Waals surface area contributed by atoms with E-state index in [-0.39, 0.29) is 18.6 Å². The van der Waals surface area contributed by atoms with Gasteiger partial charge in [-0.05, 0) is 81.5 Å². The van der Waals surface area contributed by atoms with Crippen molar-refractivity contribution in [2.24, 2.45) is 0 Å². The highest BCUT2D eigenvalue weighted by Crippen LogP contribution is 2.33. The Labute approximate surface area is 250 Å². The molecular weight excluding hydrogens is 542 g/mol. The van der Waals surface area contributed by atoms with Crippen LogP contribution in [-0.2, 0) is 12.1 Å². The summed E-state index contributed by atoms with van der Waals surface area (Å²) in [6, 6.07) is 17.5. The first-order valence-corrected chi connectivity index (χ1v) is 14.6. The molecule has 0 radical (unpaired) electrons. The minimum atomic E-state index is -1.20. The SMILES string of the molecule is Cc1ccc(-c2c(C)nn3c(NCc4cccc(-n5cccn5)c4)cc(C(C)(C)O)nc23)cc1C(=O)N1CCC[C@@H]1CO. The van der Waals surface area contributed by atoms with Gasteiger partial charge in [0, 0.05) is 42.7 Å². The van der Waals surface area contributed by atoms with Gasteiger partial charge in [0.1, 0.15) is 11.4 Å². The lowest BCUT2D eigenvalue weighted by Crippen LogP contribution is -2.37. The van der Waals surface area contributed by atoms with Crippen molar-refractivity contribution in [2.75, 3.05) is 18.5 Å². The summed E-state index contributed by atoms with van der Waals surface area (Å²) in [5.41, 5.74) is 5.74. The first-order valence-electron chi connectivity index (χ1n) is 14.6. The van der Waals surface area contributed by atoms with Crippen molar-refractivity contribution in [3.05, 3.63) is 95.1 Å². The molecule has 1 saturated heterocycles. The van der Waals surface area contributed by atoms with Gasteiger partial charge in [-0.25, -0.2) is 9.67 Å². The Morgan fingerprint density at radius 3 is 2.70 bits per heavy atom. The van der Waals surface area contributed by atoms with Crippen LogP contribution in [0.15, 0.2) is 67.0 Å². The number of fused-ring (bicyclic) bond motifs is 1. The van der Waals surface area contributed by atoms with E-state index in [1.54, 1.807) is 29.5 Å². The van der Waals surface area contributed by atoms with Gasteiger partial charge >= 0.3 is 0 Å². The van der Waals surface area contributed by atoms with E-state index in [9.17, 15) is 15.0 Å². The van der Waals surface area contributed by atoms with E-state index in [4.69, 9.17) is 10.1 Å². The largest absolute Gasteiger partial charge is 0.394 e. The van der Waals surface area contributed by atoms with Gasteiger partial charge in [-0.3, -0.25) is 4.79 Å². The van der Waals surface area contributed by atoms with Crippen molar-refractivity contribution in [2.45, 2.75) is 58.7 Å². The third-order valence-corrected chi connectivity index (χ3v) is 8.15. The maximum Gasteiger partial charge on any atom is 0.254 e. The van der Waals surface area contributed by atoms with Crippen LogP contribution < -0.4 is 5.32 Å². The predicted molar refractivity (Wildman–Crippen MR) is 165 cm³/mol. The summed E-state index contributed by atoms with van der Waals surface area (Å²) in [4.78, 5) is 20.3. The van der Waals surface area contributed by atoms with Gasteiger partial charge in [0.05, 0.1) is 29.7 Å². The van der Waals surface area contributed by atoms with E-state index >= 15 is 0 Å². The molecule has 10 heteroatoms. The lowest BCUT2D eigenvalue weighted by molar-refractivity contribution is 0.0676. The monoisotopic (exact) mass is 579 g/mol. The van der Waals surface area contributed by atoms with Gasteiger partial charge in [0.2, 0.25) is 0 Å². The maximum absolute atomic E-state index is 13.6. The molecule has 10 nitrogen and oxygen atoms in total. The molecule has 1 amide bonds. The first kappa shape index (κ1) is 28.6. The summed E-state index contributed by atoms with van der Waals surface area (Å²) in [7, 11) is 0. The van der Waals surface area contributed by atoms with Crippen molar-refractivity contribution in [3.63, 3.8) is 0 Å². The topological polar surface area (TPSA) is 121 Å². The predicted octanol–water partition coefficient (Wildman–Crippen LogP) is 4.64. The Morgan fingerprint density at radius 2 is 1.95 bits per heavy atom. The summed E-state index contributed by atoms with van der Waals surface area (Å²) in [5, 5.41) is 33.5. The van der Waals surface area contributed by atoms with Crippen LogP contribution in [0, 0.1) is 13.8 Å². The number of carbonyl (C=O) groups excluding carboxylic acids is 1. The molecule has 0 aliphatic carbocycles. The number of carbonyl (C=O) groups is 1. The number of aromatic nitrogens is 5. The third-order valence-electron chi connectivity index (χ3n) is 8.15. The minimum absolute atomic E-state index is 0.0371. The first-order chi connectivity index (χ1) is 20.6. The van der Waals surface area contributed by atoms with Gasteiger partial charge in [-0.2, -0.15) is 14.7 Å². The van der Waals surface area contributed by atoms with Crippen molar-refractivity contribution >= 4 is 17.4 Å². The van der Waals surface area contributed by atoms with E-state index in [2.05, 4.69) is 16.5 Å². The lowest BCUT2D eigenvalue weighted by atomic mass is 9.98. The zero-order chi connectivity index (χ0) is 30.3. The Balaban J connectivity index is 1.40. The molecule has 0 saturated carbocycles. The number of hydrogen-bond acceptors (Lipinski definition) is 7. The number of aliphatic hydroxyl groups is 2. The van der Waals surface area contributed by atoms with Crippen LogP contribution in [0.4, 0.5) is 5.82 Å². The molecule has 2 aromatic carbocycles. The number of nitrogens with zero attached hydrogens (tertiary/aromatic N) is 6. The van der Waals surface area contributed by atoms with E-state index in [0.29, 0.717) is 35.8 Å². The average molecular weight is 580 g/mol. The van der Waals surface area contributed by atoms with Gasteiger partial charge in [-0.1, -0.05) is 24.3 Å². The second kappa shape index (κ2) is 11.3. The van der Waals surface area contributed by atoms with E-state index < -0.39 is 5.60 Å². The molecule has 4 heterocycles. The number of aliphatic hydroxyl groups excluding tert-OH is 1. The normalized spacial score (nSPS) is 15.4. The average Bonchev–Trinajstić information content (AvgIpc) is 3.75. The molecular formula is C33H37N7O3. The molecule has 0 unspecified atom stereocenters. The molecule has 0 bridgehead atoms. The molecule has 1 aliphatic heterocycles. The lowest BCUT2D eigenvalue weighted by Gasteiger charge is -2.24. The zero-order valence-corrected chi connectivity index (χ0v) is 24.9. The molecule has 1 atom stereocenters. The van der Waals surface area contributed by atoms with Gasteiger partial charge < -0.3 is 20.4 Å². The Bertz CT molecular complexity index is 1790. The molecule has 5 aromatic rings. The Hall–Kier alpha value is -4.54. The van der Waals surface area contributed by atoms with Gasteiger partial charge in [-0.15, -0.1) is 0 Å². The number of likely N-dealkylation sites (tertiary alicyclic amines) is 1. The van der Waals surface area contributed by atoms with Crippen LogP contribution in [0.2, 0.25) is 0 Å². The zero-order valence-electron chi connectivity index (χ0n) is 24.9. The van der Waals surface area contributed by atoms with Crippen LogP contribution in [0.5, 0.6) is 0 Å². The van der Waals surface area contributed by atoms with E-state index in [1.807, 2.05) is 73.3 Å². The maximum atomic E-state index is 13.6. The smallest absolute Gasteiger partial charge is 0.254 e. The molecule has 3 N–H and O–H groups in total. The molecule has 3 aromatic heterocycles. The highest BCUT2D eigenvalue weighted by atomic mass is 16.3. The summed E-state index contributed by atoms with van der Waals surface area (Å²) < 4.78 is 3.58. The quantitative estimate of drug-likeness (QED) is 0.245. The fourth-order valence-corrected chi connectivity index (χ4v) is 5.78. The molecule has 6 rings (SSSR count). The summed E-state index contributed by atoms with van der Waals surface area (Å²) >= 11 is 0. The van der Waals surface area contributed by atoms with Crippen LogP contribution in [0.3, 0.4) is 0 Å². The second-order valence-corrected chi connectivity index (χ2v) is 11.8. The fraction of sp³-hybridized carbons (Fsp3) is 0.333. The number of nitrogens with one attached hydrogen (secondary N) is 1.